The number of anilines is 3. The van der Waals surface area contributed by atoms with Gasteiger partial charge in [-0.05, 0) is 134 Å². The molecule has 3 aliphatic rings. The molecule has 0 atom stereocenters. The van der Waals surface area contributed by atoms with Gasteiger partial charge in [0.2, 0.25) is 0 Å². The Morgan fingerprint density at radius 1 is 0.455 bits per heavy atom. The van der Waals surface area contributed by atoms with Crippen molar-refractivity contribution < 1.29 is 4.42 Å². The van der Waals surface area contributed by atoms with Crippen LogP contribution in [0.25, 0.3) is 60.9 Å². The molecule has 3 aliphatic carbocycles. The molecule has 1 heterocycles. The van der Waals surface area contributed by atoms with Gasteiger partial charge in [0.15, 0.2) is 0 Å². The summed E-state index contributed by atoms with van der Waals surface area (Å²) in [5.41, 5.74) is 22.8. The molecule has 0 aliphatic heterocycles. The van der Waals surface area contributed by atoms with Crippen molar-refractivity contribution in [2.24, 2.45) is 0 Å². The van der Waals surface area contributed by atoms with Gasteiger partial charge in [0.1, 0.15) is 11.2 Å². The number of hydrogen-bond acceptors (Lipinski definition) is 2. The van der Waals surface area contributed by atoms with Crippen molar-refractivity contribution in [3.63, 3.8) is 0 Å². The van der Waals surface area contributed by atoms with E-state index in [0.29, 0.717) is 0 Å². The Balaban J connectivity index is 1.00. The summed E-state index contributed by atoms with van der Waals surface area (Å²) in [5.74, 6) is 0. The SMILES string of the molecule is CC1(C)C2=C(CCC=C2)c2c(N(c3ccc(-c4ccccc4)cc3)c3ccc4oc5ccc(-c6cccc7c6-c6ccccc6C7(c6ccccc6)c6ccccc6)cc5c4c3)cccc21. The monoisotopic (exact) mass is 845 g/mol. The molecule has 66 heavy (non-hydrogen) atoms. The van der Waals surface area contributed by atoms with Crippen molar-refractivity contribution in [2.45, 2.75) is 37.5 Å². The minimum absolute atomic E-state index is 0.0818. The van der Waals surface area contributed by atoms with Gasteiger partial charge in [-0.2, -0.15) is 0 Å². The second-order valence-corrected chi connectivity index (χ2v) is 18.7. The summed E-state index contributed by atoms with van der Waals surface area (Å²) in [6.07, 6.45) is 6.83. The van der Waals surface area contributed by atoms with Crippen LogP contribution < -0.4 is 4.90 Å². The van der Waals surface area contributed by atoms with Crippen LogP contribution >= 0.6 is 0 Å². The number of hydrogen-bond donors (Lipinski definition) is 0. The zero-order valence-electron chi connectivity index (χ0n) is 37.1. The number of rotatable bonds is 7. The van der Waals surface area contributed by atoms with E-state index in [1.807, 2.05) is 0 Å². The maximum Gasteiger partial charge on any atom is 0.135 e. The highest BCUT2D eigenvalue weighted by atomic mass is 16.3. The van der Waals surface area contributed by atoms with Crippen LogP contribution in [0.15, 0.2) is 234 Å². The van der Waals surface area contributed by atoms with Crippen LogP contribution in [0, 0.1) is 0 Å². The molecule has 9 aromatic carbocycles. The summed E-state index contributed by atoms with van der Waals surface area (Å²) >= 11 is 0. The second kappa shape index (κ2) is 14.8. The fourth-order valence-electron chi connectivity index (χ4n) is 11.9. The molecule has 10 aromatic rings. The second-order valence-electron chi connectivity index (χ2n) is 18.7. The Labute approximate surface area is 386 Å². The molecule has 0 fully saturated rings. The van der Waals surface area contributed by atoms with Gasteiger partial charge in [-0.25, -0.2) is 0 Å². The minimum atomic E-state index is -0.466. The van der Waals surface area contributed by atoms with Gasteiger partial charge in [0, 0.05) is 33.1 Å². The standard InChI is InChI=1S/C64H47NO/c1-63(2)54-27-14-12-24-50(54)62-56(63)29-17-31-58(62)65(47-35-32-43(33-36-47)42-18-6-3-7-19-42)48-37-39-60-53(41-48)52-40-44(34-38-59(52)66-60)49-26-16-30-57-61(49)51-25-13-15-28-55(51)64(57,45-20-8-4-9-21-45)46-22-10-5-11-23-46/h3-11,13-23,25-41H,12,24H2,1-2H3. The van der Waals surface area contributed by atoms with Crippen LogP contribution in [0.4, 0.5) is 17.1 Å². The first-order chi connectivity index (χ1) is 32.5. The van der Waals surface area contributed by atoms with Gasteiger partial charge >= 0.3 is 0 Å². The molecule has 0 saturated heterocycles. The van der Waals surface area contributed by atoms with Gasteiger partial charge in [-0.15, -0.1) is 0 Å². The predicted molar refractivity (Wildman–Crippen MR) is 275 cm³/mol. The molecular weight excluding hydrogens is 799 g/mol. The zero-order valence-corrected chi connectivity index (χ0v) is 37.1. The molecular formula is C64H47NO. The van der Waals surface area contributed by atoms with Gasteiger partial charge in [-0.3, -0.25) is 0 Å². The van der Waals surface area contributed by atoms with Crippen molar-refractivity contribution in [1.29, 1.82) is 0 Å². The largest absolute Gasteiger partial charge is 0.456 e. The van der Waals surface area contributed by atoms with Crippen LogP contribution in [0.2, 0.25) is 0 Å². The zero-order chi connectivity index (χ0) is 44.0. The summed E-state index contributed by atoms with van der Waals surface area (Å²) in [6, 6.07) is 78.2. The van der Waals surface area contributed by atoms with Gasteiger partial charge in [0.05, 0.1) is 11.1 Å². The normalized spacial score (nSPS) is 15.1. The molecule has 1 aromatic heterocycles. The molecule has 0 amide bonds. The van der Waals surface area contributed by atoms with Crippen LogP contribution in [0.1, 0.15) is 60.1 Å². The average molecular weight is 846 g/mol. The lowest BCUT2D eigenvalue weighted by Crippen LogP contribution is -2.28. The van der Waals surface area contributed by atoms with Crippen molar-refractivity contribution >= 4 is 44.6 Å². The highest BCUT2D eigenvalue weighted by molar-refractivity contribution is 6.09. The minimum Gasteiger partial charge on any atom is -0.456 e. The van der Waals surface area contributed by atoms with Crippen molar-refractivity contribution in [1.82, 2.24) is 0 Å². The lowest BCUT2D eigenvalue weighted by Gasteiger charge is -2.34. The molecule has 0 radical (unpaired) electrons. The lowest BCUT2D eigenvalue weighted by atomic mass is 9.67. The molecule has 0 saturated carbocycles. The highest BCUT2D eigenvalue weighted by Crippen LogP contribution is 2.59. The lowest BCUT2D eigenvalue weighted by molar-refractivity contribution is 0.651. The molecule has 2 heteroatoms. The Morgan fingerprint density at radius 3 is 1.79 bits per heavy atom. The van der Waals surface area contributed by atoms with Crippen molar-refractivity contribution in [3.05, 3.63) is 263 Å². The van der Waals surface area contributed by atoms with E-state index in [1.165, 1.54) is 83.6 Å². The van der Waals surface area contributed by atoms with Crippen molar-refractivity contribution in [2.75, 3.05) is 4.90 Å². The van der Waals surface area contributed by atoms with E-state index in [9.17, 15) is 0 Å². The fourth-order valence-corrected chi connectivity index (χ4v) is 11.9. The molecule has 0 N–H and O–H groups in total. The van der Waals surface area contributed by atoms with Gasteiger partial charge < -0.3 is 9.32 Å². The summed E-state index contributed by atoms with van der Waals surface area (Å²) in [7, 11) is 0. The number of allylic oxidation sites excluding steroid dienone is 4. The Morgan fingerprint density at radius 2 is 1.03 bits per heavy atom. The first-order valence-electron chi connectivity index (χ1n) is 23.3. The average Bonchev–Trinajstić information content (AvgIpc) is 3.98. The van der Waals surface area contributed by atoms with E-state index < -0.39 is 5.41 Å². The first-order valence-corrected chi connectivity index (χ1v) is 23.3. The summed E-state index contributed by atoms with van der Waals surface area (Å²) in [5, 5.41) is 2.20. The Kier molecular flexibility index (Phi) is 8.64. The highest BCUT2D eigenvalue weighted by Gasteiger charge is 2.47. The third-order valence-electron chi connectivity index (χ3n) is 14.8. The molecule has 13 rings (SSSR count). The third-order valence-corrected chi connectivity index (χ3v) is 14.8. The molecule has 314 valence electrons. The number of fused-ring (bicyclic) bond motifs is 8. The number of benzene rings is 9. The van der Waals surface area contributed by atoms with Gasteiger partial charge in [-0.1, -0.05) is 190 Å². The molecule has 2 nitrogen and oxygen atoms in total. The molecule has 0 spiro atoms. The molecule has 0 unspecified atom stereocenters. The summed E-state index contributed by atoms with van der Waals surface area (Å²) in [6.45, 7) is 4.77. The summed E-state index contributed by atoms with van der Waals surface area (Å²) < 4.78 is 6.69. The maximum absolute atomic E-state index is 6.69. The Bertz CT molecular complexity index is 3550. The number of furan rings is 1. The quantitative estimate of drug-likeness (QED) is 0.159. The summed E-state index contributed by atoms with van der Waals surface area (Å²) in [4.78, 5) is 2.48. The van der Waals surface area contributed by atoms with Crippen molar-refractivity contribution in [3.8, 4) is 33.4 Å². The smallest absolute Gasteiger partial charge is 0.135 e. The maximum atomic E-state index is 6.69. The topological polar surface area (TPSA) is 16.4 Å². The van der Waals surface area contributed by atoms with Gasteiger partial charge in [0.25, 0.3) is 0 Å². The molecule has 0 bridgehead atoms. The van der Waals surface area contributed by atoms with E-state index >= 15 is 0 Å². The first kappa shape index (κ1) is 38.5. The number of nitrogens with zero attached hydrogens (tertiary/aromatic N) is 1. The fraction of sp³-hybridized carbons (Fsp3) is 0.0938. The Hall–Kier alpha value is -7.94. The third kappa shape index (κ3) is 5.61. The van der Waals surface area contributed by atoms with Crippen LogP contribution in [0.3, 0.4) is 0 Å². The van der Waals surface area contributed by atoms with E-state index in [0.717, 1.165) is 46.2 Å². The van der Waals surface area contributed by atoms with E-state index in [1.54, 1.807) is 0 Å². The van der Waals surface area contributed by atoms with Crippen LogP contribution in [-0.4, -0.2) is 0 Å². The van der Waals surface area contributed by atoms with Crippen LogP contribution in [-0.2, 0) is 10.8 Å². The van der Waals surface area contributed by atoms with E-state index in [2.05, 4.69) is 243 Å². The van der Waals surface area contributed by atoms with E-state index in [4.69, 9.17) is 4.42 Å². The van der Waals surface area contributed by atoms with Crippen LogP contribution in [0.5, 0.6) is 0 Å². The van der Waals surface area contributed by atoms with E-state index in [-0.39, 0.29) is 5.41 Å². The predicted octanol–water partition coefficient (Wildman–Crippen LogP) is 17.1.